The minimum absolute atomic E-state index is 0.326. The van der Waals surface area contributed by atoms with Crippen molar-refractivity contribution in [1.29, 1.82) is 0 Å². The molecular weight excluding hydrogens is 264 g/mol. The van der Waals surface area contributed by atoms with Crippen molar-refractivity contribution in [2.24, 2.45) is 5.10 Å². The summed E-state index contributed by atoms with van der Waals surface area (Å²) in [5.41, 5.74) is 5.06. The van der Waals surface area contributed by atoms with Gasteiger partial charge in [0, 0.05) is 12.4 Å². The third-order valence-electron chi connectivity index (χ3n) is 2.41. The smallest absolute Gasteiger partial charge is 0.266 e. The van der Waals surface area contributed by atoms with Gasteiger partial charge < -0.3 is 0 Å². The fourth-order valence-electron chi connectivity index (χ4n) is 1.44. The van der Waals surface area contributed by atoms with E-state index >= 15 is 0 Å². The number of nitrogens with zero attached hydrogens (tertiary/aromatic N) is 5. The number of hydrazone groups is 1. The lowest BCUT2D eigenvalue weighted by molar-refractivity contribution is 0.0958. The minimum atomic E-state index is -0.326. The number of nitrogens with one attached hydrogen (secondary N) is 1. The highest BCUT2D eigenvalue weighted by atomic mass is 32.1. The van der Waals surface area contributed by atoms with E-state index in [9.17, 15) is 4.79 Å². The van der Waals surface area contributed by atoms with Crippen LogP contribution >= 0.6 is 11.5 Å². The van der Waals surface area contributed by atoms with Crippen molar-refractivity contribution < 1.29 is 4.79 Å². The Balaban J connectivity index is 2.13. The summed E-state index contributed by atoms with van der Waals surface area (Å²) in [4.78, 5) is 20.6. The number of aryl methyl sites for hydroxylation is 2. The summed E-state index contributed by atoms with van der Waals surface area (Å²) >= 11 is 1.04. The van der Waals surface area contributed by atoms with Crippen molar-refractivity contribution in [3.05, 3.63) is 34.4 Å². The zero-order valence-corrected chi connectivity index (χ0v) is 11.5. The number of hydrogen-bond acceptors (Lipinski definition) is 7. The Labute approximate surface area is 114 Å². The summed E-state index contributed by atoms with van der Waals surface area (Å²) in [7, 11) is 0. The monoisotopic (exact) mass is 276 g/mol. The van der Waals surface area contributed by atoms with E-state index in [-0.39, 0.29) is 5.91 Å². The van der Waals surface area contributed by atoms with Crippen molar-refractivity contribution in [3.63, 3.8) is 0 Å². The van der Waals surface area contributed by atoms with E-state index in [0.29, 0.717) is 22.0 Å². The van der Waals surface area contributed by atoms with E-state index in [1.165, 1.54) is 0 Å². The predicted molar refractivity (Wildman–Crippen MR) is 71.1 cm³/mol. The topological polar surface area (TPSA) is 93.0 Å². The van der Waals surface area contributed by atoms with Crippen LogP contribution in [0.3, 0.4) is 0 Å². The third kappa shape index (κ3) is 2.97. The van der Waals surface area contributed by atoms with Gasteiger partial charge in [-0.25, -0.2) is 5.43 Å². The van der Waals surface area contributed by atoms with Gasteiger partial charge in [-0.3, -0.25) is 14.8 Å². The average molecular weight is 276 g/mol. The van der Waals surface area contributed by atoms with Gasteiger partial charge in [-0.05, 0) is 32.3 Å². The van der Waals surface area contributed by atoms with E-state index in [1.807, 2.05) is 6.92 Å². The van der Waals surface area contributed by atoms with E-state index in [0.717, 1.165) is 17.2 Å². The Morgan fingerprint density at radius 2 is 2.00 bits per heavy atom. The van der Waals surface area contributed by atoms with Crippen molar-refractivity contribution in [2.75, 3.05) is 0 Å². The van der Waals surface area contributed by atoms with E-state index in [2.05, 4.69) is 30.1 Å². The first-order valence-electron chi connectivity index (χ1n) is 5.51. The molecule has 0 aliphatic carbocycles. The van der Waals surface area contributed by atoms with Crippen LogP contribution in [0.1, 0.15) is 33.7 Å². The molecule has 0 bridgehead atoms. The molecule has 0 atom stereocenters. The fourth-order valence-corrected chi connectivity index (χ4v) is 1.99. The molecule has 2 heterocycles. The second-order valence-corrected chi connectivity index (χ2v) is 4.57. The number of carbonyl (C=O) groups is 1. The van der Waals surface area contributed by atoms with Gasteiger partial charge in [0.15, 0.2) is 0 Å². The summed E-state index contributed by atoms with van der Waals surface area (Å²) in [6.45, 7) is 5.32. The summed E-state index contributed by atoms with van der Waals surface area (Å²) in [5.74, 6) is -0.326. The number of carbonyl (C=O) groups excluding carboxylic acids is 1. The zero-order valence-electron chi connectivity index (χ0n) is 10.7. The lowest BCUT2D eigenvalue weighted by Crippen LogP contribution is -2.19. The molecule has 0 aromatic carbocycles. The van der Waals surface area contributed by atoms with Gasteiger partial charge in [0.25, 0.3) is 5.91 Å². The van der Waals surface area contributed by atoms with E-state index in [1.54, 1.807) is 26.2 Å². The lowest BCUT2D eigenvalue weighted by atomic mass is 10.2. The molecule has 1 amide bonds. The molecule has 0 unspecified atom stereocenters. The van der Waals surface area contributed by atoms with Crippen molar-refractivity contribution >= 4 is 23.2 Å². The van der Waals surface area contributed by atoms with Crippen LogP contribution in [0, 0.1) is 13.8 Å². The van der Waals surface area contributed by atoms with Gasteiger partial charge in [0.05, 0.1) is 17.1 Å². The summed E-state index contributed by atoms with van der Waals surface area (Å²) in [6.07, 6.45) is 3.19. The van der Waals surface area contributed by atoms with Gasteiger partial charge in [-0.15, -0.1) is 5.10 Å². The average Bonchev–Trinajstić information content (AvgIpc) is 2.82. The molecule has 7 nitrogen and oxygen atoms in total. The van der Waals surface area contributed by atoms with Crippen LogP contribution in [0.5, 0.6) is 0 Å². The third-order valence-corrected chi connectivity index (χ3v) is 3.23. The van der Waals surface area contributed by atoms with Crippen LogP contribution in [0.15, 0.2) is 17.5 Å². The van der Waals surface area contributed by atoms with Crippen LogP contribution < -0.4 is 5.43 Å². The SMILES string of the molecule is C/C(=N\NC(=O)c1snnc1C)c1nccnc1C. The molecule has 1 N–H and O–H groups in total. The first-order valence-corrected chi connectivity index (χ1v) is 6.28. The van der Waals surface area contributed by atoms with E-state index < -0.39 is 0 Å². The molecule has 2 aromatic heterocycles. The lowest BCUT2D eigenvalue weighted by Gasteiger charge is -2.03. The largest absolute Gasteiger partial charge is 0.285 e. The second-order valence-electron chi connectivity index (χ2n) is 3.82. The van der Waals surface area contributed by atoms with Crippen molar-refractivity contribution in [2.45, 2.75) is 20.8 Å². The van der Waals surface area contributed by atoms with Crippen LogP contribution in [-0.2, 0) is 0 Å². The predicted octanol–water partition coefficient (Wildman–Crippen LogP) is 1.10. The molecule has 8 heteroatoms. The van der Waals surface area contributed by atoms with Crippen molar-refractivity contribution in [1.82, 2.24) is 25.0 Å². The van der Waals surface area contributed by atoms with Gasteiger partial charge in [-0.2, -0.15) is 5.10 Å². The maximum atomic E-state index is 11.8. The van der Waals surface area contributed by atoms with E-state index in [4.69, 9.17) is 0 Å². The molecule has 98 valence electrons. The fraction of sp³-hybridized carbons (Fsp3) is 0.273. The molecule has 2 aromatic rings. The van der Waals surface area contributed by atoms with Crippen LogP contribution in [0.25, 0.3) is 0 Å². The highest BCUT2D eigenvalue weighted by Crippen LogP contribution is 2.08. The van der Waals surface area contributed by atoms with Gasteiger partial charge in [0.2, 0.25) is 0 Å². The molecule has 19 heavy (non-hydrogen) atoms. The normalized spacial score (nSPS) is 11.4. The minimum Gasteiger partial charge on any atom is -0.266 e. The first-order chi connectivity index (χ1) is 9.09. The Morgan fingerprint density at radius 3 is 2.63 bits per heavy atom. The molecule has 0 radical (unpaired) electrons. The summed E-state index contributed by atoms with van der Waals surface area (Å²) < 4.78 is 3.70. The molecule has 2 rings (SSSR count). The van der Waals surface area contributed by atoms with Gasteiger partial charge >= 0.3 is 0 Å². The molecule has 0 aliphatic rings. The second kappa shape index (κ2) is 5.61. The maximum Gasteiger partial charge on any atom is 0.285 e. The van der Waals surface area contributed by atoms with Crippen LogP contribution in [0.2, 0.25) is 0 Å². The van der Waals surface area contributed by atoms with Crippen LogP contribution in [-0.4, -0.2) is 31.2 Å². The summed E-state index contributed by atoms with van der Waals surface area (Å²) in [6, 6.07) is 0. The number of amides is 1. The molecular formula is C11H12N6OS. The Morgan fingerprint density at radius 1 is 1.26 bits per heavy atom. The molecule has 0 fully saturated rings. The Hall–Kier alpha value is -2.22. The Bertz CT molecular complexity index is 636. The number of rotatable bonds is 3. The zero-order chi connectivity index (χ0) is 13.8. The Kier molecular flexibility index (Phi) is 3.91. The standard InChI is InChI=1S/C11H12N6OS/c1-6-9(13-5-4-12-6)7(2)14-16-11(18)10-8(3)15-17-19-10/h4-5H,1-3H3,(H,16,18)/b14-7+. The number of aromatic nitrogens is 4. The highest BCUT2D eigenvalue weighted by Gasteiger charge is 2.12. The quantitative estimate of drug-likeness (QED) is 0.669. The van der Waals surface area contributed by atoms with Crippen molar-refractivity contribution in [3.8, 4) is 0 Å². The van der Waals surface area contributed by atoms with Gasteiger partial charge in [-0.1, -0.05) is 4.49 Å². The maximum absolute atomic E-state index is 11.8. The molecule has 0 aliphatic heterocycles. The first kappa shape index (κ1) is 13.2. The summed E-state index contributed by atoms with van der Waals surface area (Å²) in [5, 5.41) is 7.79. The molecule has 0 saturated carbocycles. The van der Waals surface area contributed by atoms with Crippen LogP contribution in [0.4, 0.5) is 0 Å². The molecule has 0 spiro atoms. The van der Waals surface area contributed by atoms with Gasteiger partial charge in [0.1, 0.15) is 10.6 Å². The number of hydrogen-bond donors (Lipinski definition) is 1. The highest BCUT2D eigenvalue weighted by molar-refractivity contribution is 7.07. The molecule has 0 saturated heterocycles.